The van der Waals surface area contributed by atoms with Crippen molar-refractivity contribution in [3.8, 4) is 0 Å². The minimum absolute atomic E-state index is 0.317. The summed E-state index contributed by atoms with van der Waals surface area (Å²) in [5.74, 6) is 0.317. The molecule has 2 heteroatoms. The fraction of sp³-hybridized carbons (Fsp3) is 0.727. The van der Waals surface area contributed by atoms with Gasteiger partial charge in [0.2, 0.25) is 0 Å². The topological polar surface area (TPSA) is 29.1 Å². The molecule has 0 aromatic carbocycles. The molecule has 2 nitrogen and oxygen atoms in total. The van der Waals surface area contributed by atoms with Gasteiger partial charge in [0, 0.05) is 25.2 Å². The van der Waals surface area contributed by atoms with E-state index in [9.17, 15) is 4.79 Å². The van der Waals surface area contributed by atoms with Crippen LogP contribution in [0.4, 0.5) is 0 Å². The Hall–Kier alpha value is -0.790. The van der Waals surface area contributed by atoms with Gasteiger partial charge in [0.1, 0.15) is 0 Å². The van der Waals surface area contributed by atoms with Gasteiger partial charge in [0.15, 0.2) is 5.78 Å². The predicted octanol–water partition coefficient (Wildman–Crippen LogP) is 2.01. The minimum atomic E-state index is 0.317. The highest BCUT2D eigenvalue weighted by Gasteiger charge is 2.38. The van der Waals surface area contributed by atoms with Crippen molar-refractivity contribution in [1.82, 2.24) is 5.32 Å². The van der Waals surface area contributed by atoms with Gasteiger partial charge in [-0.15, -0.1) is 0 Å². The van der Waals surface area contributed by atoms with E-state index in [4.69, 9.17) is 0 Å². The van der Waals surface area contributed by atoms with Crippen molar-refractivity contribution >= 4 is 5.78 Å². The number of hydrogen-bond acceptors (Lipinski definition) is 2. The lowest BCUT2D eigenvalue weighted by Gasteiger charge is -2.32. The Morgan fingerprint density at radius 2 is 2.00 bits per heavy atom. The largest absolute Gasteiger partial charge is 0.391 e. The van der Waals surface area contributed by atoms with Gasteiger partial charge in [-0.2, -0.15) is 0 Å². The Kier molecular flexibility index (Phi) is 2.14. The van der Waals surface area contributed by atoms with Crippen LogP contribution in [0.25, 0.3) is 0 Å². The minimum Gasteiger partial charge on any atom is -0.391 e. The van der Waals surface area contributed by atoms with Crippen molar-refractivity contribution in [2.24, 2.45) is 5.41 Å². The third kappa shape index (κ3) is 1.62. The highest BCUT2D eigenvalue weighted by Crippen LogP contribution is 2.47. The smallest absolute Gasteiger partial charge is 0.157 e. The molecule has 0 bridgehead atoms. The zero-order valence-electron chi connectivity index (χ0n) is 8.23. The third-order valence-electron chi connectivity index (χ3n) is 3.44. The van der Waals surface area contributed by atoms with Crippen molar-refractivity contribution < 1.29 is 4.79 Å². The van der Waals surface area contributed by atoms with Gasteiger partial charge in [0.05, 0.1) is 0 Å². The molecule has 0 aliphatic heterocycles. The molecule has 72 valence electrons. The van der Waals surface area contributed by atoms with Crippen molar-refractivity contribution in [3.63, 3.8) is 0 Å². The van der Waals surface area contributed by atoms with Crippen molar-refractivity contribution in [1.29, 1.82) is 0 Å². The van der Waals surface area contributed by atoms with Gasteiger partial charge < -0.3 is 5.32 Å². The molecule has 0 atom stereocenters. The van der Waals surface area contributed by atoms with Crippen LogP contribution in [0.15, 0.2) is 11.8 Å². The number of hydrogen-bond donors (Lipinski definition) is 1. The van der Waals surface area contributed by atoms with Gasteiger partial charge in [0.25, 0.3) is 0 Å². The second-order valence-electron chi connectivity index (χ2n) is 4.45. The van der Waals surface area contributed by atoms with E-state index in [0.717, 1.165) is 18.5 Å². The van der Waals surface area contributed by atoms with Crippen molar-refractivity contribution in [3.05, 3.63) is 11.8 Å². The summed E-state index contributed by atoms with van der Waals surface area (Å²) in [4.78, 5) is 11.5. The van der Waals surface area contributed by atoms with Crippen LogP contribution in [-0.4, -0.2) is 12.8 Å². The normalized spacial score (nSPS) is 26.2. The first-order chi connectivity index (χ1) is 6.24. The van der Waals surface area contributed by atoms with Crippen LogP contribution >= 0.6 is 0 Å². The summed E-state index contributed by atoms with van der Waals surface area (Å²) in [6.45, 7) is 0. The molecule has 2 aliphatic rings. The summed E-state index contributed by atoms with van der Waals surface area (Å²) in [5.41, 5.74) is 1.47. The quantitative estimate of drug-likeness (QED) is 0.667. The van der Waals surface area contributed by atoms with Crippen molar-refractivity contribution in [2.75, 3.05) is 7.05 Å². The van der Waals surface area contributed by atoms with E-state index in [1.165, 1.54) is 25.7 Å². The lowest BCUT2D eigenvalue weighted by atomic mass is 9.74. The Morgan fingerprint density at radius 1 is 1.31 bits per heavy atom. The van der Waals surface area contributed by atoms with E-state index in [-0.39, 0.29) is 0 Å². The fourth-order valence-corrected chi connectivity index (χ4v) is 2.77. The van der Waals surface area contributed by atoms with E-state index in [0.29, 0.717) is 11.2 Å². The number of rotatable bonds is 1. The molecule has 0 unspecified atom stereocenters. The predicted molar refractivity (Wildman–Crippen MR) is 52.3 cm³/mol. The molecule has 1 fully saturated rings. The monoisotopic (exact) mass is 179 g/mol. The van der Waals surface area contributed by atoms with E-state index in [1.54, 1.807) is 6.08 Å². The summed E-state index contributed by atoms with van der Waals surface area (Å²) < 4.78 is 0. The standard InChI is InChI=1S/C11H17NO/c1-12-9-6-10(13)8-11(7-9)4-2-3-5-11/h6,12H,2-5,7-8H2,1H3. The number of nitrogens with one attached hydrogen (secondary N) is 1. The second kappa shape index (κ2) is 3.17. The number of ketones is 1. The van der Waals surface area contributed by atoms with Crippen LogP contribution in [0.5, 0.6) is 0 Å². The molecule has 0 saturated heterocycles. The zero-order chi connectivity index (χ0) is 9.31. The van der Waals surface area contributed by atoms with E-state index in [2.05, 4.69) is 5.32 Å². The first kappa shape index (κ1) is 8.79. The fourth-order valence-electron chi connectivity index (χ4n) is 2.77. The van der Waals surface area contributed by atoms with Gasteiger partial charge in [-0.3, -0.25) is 4.79 Å². The van der Waals surface area contributed by atoms with Crippen LogP contribution in [0.1, 0.15) is 38.5 Å². The molecule has 1 spiro atoms. The molecule has 1 saturated carbocycles. The molecule has 0 radical (unpaired) electrons. The van der Waals surface area contributed by atoms with Crippen LogP contribution in [0.3, 0.4) is 0 Å². The molecule has 1 N–H and O–H groups in total. The average molecular weight is 179 g/mol. The number of carbonyl (C=O) groups is 1. The highest BCUT2D eigenvalue weighted by molar-refractivity contribution is 5.91. The lowest BCUT2D eigenvalue weighted by molar-refractivity contribution is -0.117. The van der Waals surface area contributed by atoms with E-state index >= 15 is 0 Å². The van der Waals surface area contributed by atoms with E-state index < -0.39 is 0 Å². The molecular weight excluding hydrogens is 162 g/mol. The summed E-state index contributed by atoms with van der Waals surface area (Å²) in [7, 11) is 1.91. The van der Waals surface area contributed by atoms with Crippen LogP contribution in [0, 0.1) is 5.41 Å². The maximum absolute atomic E-state index is 11.5. The second-order valence-corrected chi connectivity index (χ2v) is 4.45. The van der Waals surface area contributed by atoms with Gasteiger partial charge in [-0.25, -0.2) is 0 Å². The van der Waals surface area contributed by atoms with E-state index in [1.807, 2.05) is 7.05 Å². The summed E-state index contributed by atoms with van der Waals surface area (Å²) in [6.07, 6.45) is 8.78. The average Bonchev–Trinajstić information content (AvgIpc) is 2.51. The van der Waals surface area contributed by atoms with Crippen LogP contribution in [0.2, 0.25) is 0 Å². The lowest BCUT2D eigenvalue weighted by Crippen LogP contribution is -2.28. The maximum atomic E-state index is 11.5. The summed E-state index contributed by atoms with van der Waals surface area (Å²) in [6, 6.07) is 0. The number of carbonyl (C=O) groups excluding carboxylic acids is 1. The Balaban J connectivity index is 2.17. The molecule has 0 amide bonds. The molecule has 0 heterocycles. The van der Waals surface area contributed by atoms with Crippen LogP contribution in [-0.2, 0) is 4.79 Å². The first-order valence-electron chi connectivity index (χ1n) is 5.15. The molecule has 2 aliphatic carbocycles. The Morgan fingerprint density at radius 3 is 2.62 bits per heavy atom. The van der Waals surface area contributed by atoms with Crippen LogP contribution < -0.4 is 5.32 Å². The van der Waals surface area contributed by atoms with Gasteiger partial charge >= 0.3 is 0 Å². The molecular formula is C11H17NO. The zero-order valence-corrected chi connectivity index (χ0v) is 8.23. The van der Waals surface area contributed by atoms with Crippen molar-refractivity contribution in [2.45, 2.75) is 38.5 Å². The molecule has 13 heavy (non-hydrogen) atoms. The maximum Gasteiger partial charge on any atom is 0.157 e. The molecule has 2 rings (SSSR count). The first-order valence-corrected chi connectivity index (χ1v) is 5.15. The summed E-state index contributed by atoms with van der Waals surface area (Å²) >= 11 is 0. The molecule has 0 aromatic heterocycles. The third-order valence-corrected chi connectivity index (χ3v) is 3.44. The van der Waals surface area contributed by atoms with Gasteiger partial charge in [-0.05, 0) is 24.7 Å². The summed E-state index contributed by atoms with van der Waals surface area (Å²) in [5, 5.41) is 3.13. The van der Waals surface area contributed by atoms with Gasteiger partial charge in [-0.1, -0.05) is 12.8 Å². The SMILES string of the molecule is CNC1=CC(=O)CC2(CCCC2)C1. The number of allylic oxidation sites excluding steroid dienone is 2. The Bertz CT molecular complexity index is 249. The highest BCUT2D eigenvalue weighted by atomic mass is 16.1. The molecule has 0 aromatic rings. The Labute approximate surface area is 79.4 Å².